The molecule has 31 heavy (non-hydrogen) atoms. The predicted octanol–water partition coefficient (Wildman–Crippen LogP) is 6.22. The fourth-order valence-electron chi connectivity index (χ4n) is 6.24. The third-order valence-electron chi connectivity index (χ3n) is 6.75. The summed E-state index contributed by atoms with van der Waals surface area (Å²) in [4.78, 5) is 28.6. The largest absolute Gasteiger partial charge is 0.447 e. The minimum absolute atomic E-state index is 0.0563. The first-order valence-electron chi connectivity index (χ1n) is 11.2. The summed E-state index contributed by atoms with van der Waals surface area (Å²) in [6.45, 7) is 24.7. The Morgan fingerprint density at radius 3 is 1.71 bits per heavy atom. The van der Waals surface area contributed by atoms with Crippen LogP contribution in [0, 0.1) is 0 Å². The lowest BCUT2D eigenvalue weighted by Crippen LogP contribution is -2.82. The number of rotatable bonds is 7. The molecule has 8 heteroatoms. The van der Waals surface area contributed by atoms with Crippen LogP contribution in [0.5, 0.6) is 0 Å². The number of cyclic esters (lactones) is 1. The zero-order valence-electron chi connectivity index (χ0n) is 21.3. The Hall–Kier alpha value is -1.23. The van der Waals surface area contributed by atoms with Crippen molar-refractivity contribution < 1.29 is 14.3 Å². The number of Topliss-reactive ketones (excluding diaryl/α,β-unsaturated/α-hetero) is 1. The monoisotopic (exact) mass is 491 g/mol. The van der Waals surface area contributed by atoms with E-state index in [4.69, 9.17) is 4.74 Å². The molecule has 2 rings (SSSR count). The van der Waals surface area contributed by atoms with E-state index in [0.29, 0.717) is 17.9 Å². The van der Waals surface area contributed by atoms with Crippen molar-refractivity contribution in [3.63, 3.8) is 0 Å². The maximum Gasteiger partial charge on any atom is 0.415 e. The Labute approximate surface area is 192 Å². The Balaban J connectivity index is 2.95. The molecule has 4 nitrogen and oxygen atoms in total. The number of hydrogen-bond acceptors (Lipinski definition) is 3. The fraction of sp³-hybridized carbons (Fsp3) is 0.565. The van der Waals surface area contributed by atoms with Crippen molar-refractivity contribution in [1.82, 2.24) is 4.90 Å². The maximum atomic E-state index is 14.0. The van der Waals surface area contributed by atoms with Gasteiger partial charge in [0.25, 0.3) is 0 Å². The van der Waals surface area contributed by atoms with Gasteiger partial charge in [-0.3, -0.25) is 9.69 Å². The van der Waals surface area contributed by atoms with Gasteiger partial charge >= 0.3 is 6.09 Å². The quantitative estimate of drug-likeness (QED) is 0.258. The van der Waals surface area contributed by atoms with Crippen molar-refractivity contribution >= 4 is 41.3 Å². The summed E-state index contributed by atoms with van der Waals surface area (Å²) in [5.74, 6) is -0.0563. The standard InChI is InChI=1S/C23H41NO3Si4/c1-23(2)18-27-22(26)24(23)20(21(25)19-15-13-12-14-16-19)17-31(28(3,4)5,29(6,7)8)30(9,10)11/h12-17H,18H2,1-11H3/b20-17-. The summed E-state index contributed by atoms with van der Waals surface area (Å²) in [6, 6.07) is 9.40. The van der Waals surface area contributed by atoms with E-state index in [0.717, 1.165) is 0 Å². The molecule has 0 radical (unpaired) electrons. The van der Waals surface area contributed by atoms with Gasteiger partial charge in [0.15, 0.2) is 0 Å². The van der Waals surface area contributed by atoms with Crippen molar-refractivity contribution in [1.29, 1.82) is 0 Å². The molecule has 1 saturated heterocycles. The average molecular weight is 492 g/mol. The fourth-order valence-corrected chi connectivity index (χ4v) is 101. The summed E-state index contributed by atoms with van der Waals surface area (Å²) in [6.07, 6.45) is -0.398. The van der Waals surface area contributed by atoms with Crippen molar-refractivity contribution in [2.75, 3.05) is 6.61 Å². The van der Waals surface area contributed by atoms with Gasteiger partial charge in [0.1, 0.15) is 6.61 Å². The molecule has 0 bridgehead atoms. The van der Waals surface area contributed by atoms with Gasteiger partial charge in [-0.1, -0.05) is 95.0 Å². The van der Waals surface area contributed by atoms with Crippen LogP contribution in [-0.4, -0.2) is 58.3 Å². The molecule has 1 amide bonds. The molecule has 1 aromatic rings. The average Bonchev–Trinajstić information content (AvgIpc) is 2.86. The number of hydrogen-bond donors (Lipinski definition) is 0. The summed E-state index contributed by atoms with van der Waals surface area (Å²) in [5.41, 5.74) is 3.07. The van der Waals surface area contributed by atoms with E-state index in [1.165, 1.54) is 0 Å². The summed E-state index contributed by atoms with van der Waals surface area (Å²) in [7, 11) is -5.05. The summed E-state index contributed by atoms with van der Waals surface area (Å²) < 4.78 is 5.46. The number of benzene rings is 1. The highest BCUT2D eigenvalue weighted by Crippen LogP contribution is 2.41. The number of carbonyl (C=O) groups excluding carboxylic acids is 2. The van der Waals surface area contributed by atoms with E-state index in [9.17, 15) is 9.59 Å². The number of ether oxygens (including phenoxy) is 1. The lowest BCUT2D eigenvalue weighted by atomic mass is 10.0. The third kappa shape index (κ3) is 4.62. The molecule has 1 fully saturated rings. The normalized spacial score (nSPS) is 18.2. The highest BCUT2D eigenvalue weighted by Gasteiger charge is 2.61. The molecule has 1 aliphatic heterocycles. The topological polar surface area (TPSA) is 46.6 Å². The number of ketones is 1. The van der Waals surface area contributed by atoms with Crippen LogP contribution in [0.1, 0.15) is 24.2 Å². The lowest BCUT2D eigenvalue weighted by molar-refractivity contribution is 0.0975. The molecular weight excluding hydrogens is 451 g/mol. The zero-order chi connectivity index (χ0) is 24.0. The van der Waals surface area contributed by atoms with Crippen molar-refractivity contribution in [2.24, 2.45) is 0 Å². The van der Waals surface area contributed by atoms with Gasteiger partial charge in [0.2, 0.25) is 5.78 Å². The van der Waals surface area contributed by atoms with Crippen LogP contribution >= 0.6 is 0 Å². The molecule has 1 aliphatic rings. The SMILES string of the molecule is CC1(C)COC(=O)N1/C(=C\[Si]([Si](C)(C)C)([Si](C)(C)C)[Si](C)(C)C)C(=O)c1ccccc1. The van der Waals surface area contributed by atoms with E-state index in [1.54, 1.807) is 4.90 Å². The number of amides is 1. The van der Waals surface area contributed by atoms with Gasteiger partial charge in [-0.15, -0.1) is 0 Å². The Kier molecular flexibility index (Phi) is 6.95. The maximum absolute atomic E-state index is 14.0. The molecule has 0 aliphatic carbocycles. The Morgan fingerprint density at radius 2 is 1.35 bits per heavy atom. The number of allylic oxidation sites excluding steroid dienone is 1. The van der Waals surface area contributed by atoms with Crippen molar-refractivity contribution in [2.45, 2.75) is 78.3 Å². The zero-order valence-corrected chi connectivity index (χ0v) is 25.3. The first kappa shape index (κ1) is 26.0. The second-order valence-corrected chi connectivity index (χ2v) is 53.0. The molecule has 0 atom stereocenters. The van der Waals surface area contributed by atoms with Crippen LogP contribution in [0.3, 0.4) is 0 Å². The highest BCUT2D eigenvalue weighted by atomic mass is 29.9. The third-order valence-corrected chi connectivity index (χ3v) is 77.6. The minimum atomic E-state index is -2.03. The first-order valence-corrected chi connectivity index (χ1v) is 26.7. The Bertz CT molecular complexity index is 839. The first-order chi connectivity index (χ1) is 13.9. The molecular formula is C23H41NO3Si4. The molecule has 0 aromatic heterocycles. The van der Waals surface area contributed by atoms with Crippen LogP contribution < -0.4 is 0 Å². The summed E-state index contributed by atoms with van der Waals surface area (Å²) >= 11 is 0. The van der Waals surface area contributed by atoms with E-state index in [-0.39, 0.29) is 5.78 Å². The van der Waals surface area contributed by atoms with Gasteiger partial charge in [0, 0.05) is 28.3 Å². The van der Waals surface area contributed by atoms with E-state index < -0.39 is 41.0 Å². The van der Waals surface area contributed by atoms with Gasteiger partial charge in [-0.2, -0.15) is 0 Å². The number of nitrogens with zero attached hydrogens (tertiary/aromatic N) is 1. The molecule has 1 heterocycles. The highest BCUT2D eigenvalue weighted by molar-refractivity contribution is 7.90. The van der Waals surface area contributed by atoms with Gasteiger partial charge < -0.3 is 4.74 Å². The predicted molar refractivity (Wildman–Crippen MR) is 142 cm³/mol. The van der Waals surface area contributed by atoms with E-state index in [2.05, 4.69) is 64.6 Å². The van der Waals surface area contributed by atoms with Crippen LogP contribution in [0.2, 0.25) is 58.9 Å². The Morgan fingerprint density at radius 1 is 0.903 bits per heavy atom. The smallest absolute Gasteiger partial charge is 0.415 e. The van der Waals surface area contributed by atoms with Crippen molar-refractivity contribution in [3.8, 4) is 0 Å². The lowest BCUT2D eigenvalue weighted by Gasteiger charge is -2.56. The van der Waals surface area contributed by atoms with Gasteiger partial charge in [-0.05, 0) is 13.8 Å². The molecule has 0 spiro atoms. The molecule has 1 aromatic carbocycles. The number of carbonyl (C=O) groups is 2. The van der Waals surface area contributed by atoms with E-state index >= 15 is 0 Å². The van der Waals surface area contributed by atoms with Crippen LogP contribution in [-0.2, 0) is 4.74 Å². The molecule has 0 saturated carbocycles. The van der Waals surface area contributed by atoms with Crippen molar-refractivity contribution in [3.05, 3.63) is 47.3 Å². The summed E-state index contributed by atoms with van der Waals surface area (Å²) in [5, 5.41) is 0. The second-order valence-electron chi connectivity index (χ2n) is 12.5. The van der Waals surface area contributed by atoms with Crippen LogP contribution in [0.4, 0.5) is 4.79 Å². The van der Waals surface area contributed by atoms with E-state index in [1.807, 2.05) is 44.2 Å². The molecule has 172 valence electrons. The van der Waals surface area contributed by atoms with Crippen LogP contribution in [0.15, 0.2) is 41.7 Å². The van der Waals surface area contributed by atoms with Crippen LogP contribution in [0.25, 0.3) is 0 Å². The molecule has 0 N–H and O–H groups in total. The van der Waals surface area contributed by atoms with Gasteiger partial charge in [0.05, 0.1) is 17.9 Å². The molecule has 0 unspecified atom stereocenters. The minimum Gasteiger partial charge on any atom is -0.447 e. The second kappa shape index (κ2) is 8.28. The van der Waals surface area contributed by atoms with Gasteiger partial charge in [-0.25, -0.2) is 4.79 Å².